The van der Waals surface area contributed by atoms with Crippen LogP contribution < -0.4 is 10.6 Å². The number of carbonyl (C=O) groups is 1. The van der Waals surface area contributed by atoms with E-state index in [1.54, 1.807) is 24.3 Å². The maximum absolute atomic E-state index is 12.2. The molecule has 1 aliphatic heterocycles. The third kappa shape index (κ3) is 4.10. The smallest absolute Gasteiger partial charge is 0.258 e. The number of nitrogens with one attached hydrogen (secondary N) is 2. The molecule has 2 N–H and O–H groups in total. The van der Waals surface area contributed by atoms with Gasteiger partial charge in [-0.2, -0.15) is 5.26 Å². The number of anilines is 2. The summed E-state index contributed by atoms with van der Waals surface area (Å²) in [5.74, 6) is 0.0567. The number of benzene rings is 1. The van der Waals surface area contributed by atoms with Gasteiger partial charge in [-0.15, -0.1) is 0 Å². The zero-order chi connectivity index (χ0) is 17.9. The van der Waals surface area contributed by atoms with Crippen LogP contribution in [-0.2, 0) is 9.84 Å². The molecule has 1 atom stereocenters. The standard InChI is InChI=1S/C16H15N5O3S/c17-7-11-3-1-2-4-14(11)21-15(22)12-8-18-16(19-9-12)20-13-5-6-25(23,24)10-13/h1-4,8-9,13H,5-6,10H2,(H,21,22)(H,18,19,20). The Hall–Kier alpha value is -2.99. The molecule has 1 aromatic heterocycles. The topological polar surface area (TPSA) is 125 Å². The Morgan fingerprint density at radius 3 is 2.60 bits per heavy atom. The van der Waals surface area contributed by atoms with E-state index < -0.39 is 15.7 Å². The van der Waals surface area contributed by atoms with Gasteiger partial charge in [-0.05, 0) is 18.6 Å². The summed E-state index contributed by atoms with van der Waals surface area (Å²) in [6, 6.07) is 8.45. The highest BCUT2D eigenvalue weighted by Crippen LogP contribution is 2.16. The Labute approximate surface area is 144 Å². The minimum Gasteiger partial charge on any atom is -0.350 e. The number of aromatic nitrogens is 2. The van der Waals surface area contributed by atoms with E-state index in [4.69, 9.17) is 5.26 Å². The molecule has 128 valence electrons. The van der Waals surface area contributed by atoms with Gasteiger partial charge >= 0.3 is 0 Å². The van der Waals surface area contributed by atoms with Crippen molar-refractivity contribution in [2.75, 3.05) is 22.1 Å². The molecule has 2 aromatic rings. The first-order valence-electron chi connectivity index (χ1n) is 7.56. The number of rotatable bonds is 4. The highest BCUT2D eigenvalue weighted by Gasteiger charge is 2.28. The van der Waals surface area contributed by atoms with Crippen LogP contribution in [0.5, 0.6) is 0 Å². The molecule has 1 amide bonds. The van der Waals surface area contributed by atoms with Crippen LogP contribution in [0, 0.1) is 11.3 Å². The van der Waals surface area contributed by atoms with Crippen LogP contribution in [0.2, 0.25) is 0 Å². The Kier molecular flexibility index (Phi) is 4.63. The van der Waals surface area contributed by atoms with Crippen molar-refractivity contribution in [1.29, 1.82) is 5.26 Å². The number of amides is 1. The van der Waals surface area contributed by atoms with E-state index in [0.29, 0.717) is 17.7 Å². The van der Waals surface area contributed by atoms with Crippen LogP contribution in [0.4, 0.5) is 11.6 Å². The Bertz CT molecular complexity index is 935. The molecule has 1 saturated heterocycles. The van der Waals surface area contributed by atoms with Gasteiger partial charge in [0.05, 0.1) is 28.3 Å². The highest BCUT2D eigenvalue weighted by molar-refractivity contribution is 7.91. The molecule has 1 fully saturated rings. The molecule has 3 rings (SSSR count). The number of hydrogen-bond acceptors (Lipinski definition) is 7. The first-order chi connectivity index (χ1) is 12.0. The average molecular weight is 357 g/mol. The Morgan fingerprint density at radius 1 is 1.24 bits per heavy atom. The lowest BCUT2D eigenvalue weighted by Gasteiger charge is -2.11. The van der Waals surface area contributed by atoms with E-state index in [1.165, 1.54) is 12.4 Å². The minimum absolute atomic E-state index is 0.0591. The molecular formula is C16H15N5O3S. The van der Waals surface area contributed by atoms with E-state index in [2.05, 4.69) is 20.6 Å². The van der Waals surface area contributed by atoms with Crippen molar-refractivity contribution in [1.82, 2.24) is 9.97 Å². The van der Waals surface area contributed by atoms with Crippen molar-refractivity contribution in [2.45, 2.75) is 12.5 Å². The van der Waals surface area contributed by atoms with Crippen LogP contribution in [0.1, 0.15) is 22.3 Å². The Morgan fingerprint density at radius 2 is 1.96 bits per heavy atom. The lowest BCUT2D eigenvalue weighted by molar-refractivity contribution is 0.102. The van der Waals surface area contributed by atoms with Crippen molar-refractivity contribution in [3.05, 3.63) is 47.8 Å². The summed E-state index contributed by atoms with van der Waals surface area (Å²) in [7, 11) is -2.99. The summed E-state index contributed by atoms with van der Waals surface area (Å²) in [6.07, 6.45) is 3.21. The summed E-state index contributed by atoms with van der Waals surface area (Å²) in [5.41, 5.74) is 1.00. The number of carbonyl (C=O) groups excluding carboxylic acids is 1. The number of nitriles is 1. The lowest BCUT2D eigenvalue weighted by Crippen LogP contribution is -2.22. The maximum atomic E-state index is 12.2. The molecule has 9 heteroatoms. The van der Waals surface area contributed by atoms with Crippen LogP contribution in [0.25, 0.3) is 0 Å². The molecule has 1 aromatic carbocycles. The van der Waals surface area contributed by atoms with Gasteiger partial charge in [-0.3, -0.25) is 4.79 Å². The summed E-state index contributed by atoms with van der Waals surface area (Å²) in [5, 5.41) is 14.6. The highest BCUT2D eigenvalue weighted by atomic mass is 32.2. The normalized spacial score (nSPS) is 18.3. The van der Waals surface area contributed by atoms with E-state index in [-0.39, 0.29) is 29.1 Å². The zero-order valence-electron chi connectivity index (χ0n) is 13.1. The number of hydrogen-bond donors (Lipinski definition) is 2. The van der Waals surface area contributed by atoms with E-state index in [1.807, 2.05) is 6.07 Å². The van der Waals surface area contributed by atoms with Gasteiger partial charge < -0.3 is 10.6 Å². The lowest BCUT2D eigenvalue weighted by atomic mass is 10.2. The Balaban J connectivity index is 1.66. The number of nitrogens with zero attached hydrogens (tertiary/aromatic N) is 3. The zero-order valence-corrected chi connectivity index (χ0v) is 14.0. The van der Waals surface area contributed by atoms with Crippen molar-refractivity contribution in [2.24, 2.45) is 0 Å². The summed E-state index contributed by atoms with van der Waals surface area (Å²) in [6.45, 7) is 0. The van der Waals surface area contributed by atoms with Crippen molar-refractivity contribution in [3.8, 4) is 6.07 Å². The third-order valence-corrected chi connectivity index (χ3v) is 5.54. The predicted molar refractivity (Wildman–Crippen MR) is 91.8 cm³/mol. The molecule has 25 heavy (non-hydrogen) atoms. The fourth-order valence-corrected chi connectivity index (χ4v) is 4.17. The second kappa shape index (κ2) is 6.86. The van der Waals surface area contributed by atoms with E-state index in [0.717, 1.165) is 0 Å². The first-order valence-corrected chi connectivity index (χ1v) is 9.38. The fourth-order valence-electron chi connectivity index (χ4n) is 2.50. The maximum Gasteiger partial charge on any atom is 0.258 e. The monoisotopic (exact) mass is 357 g/mol. The van der Waals surface area contributed by atoms with Crippen molar-refractivity contribution < 1.29 is 13.2 Å². The average Bonchev–Trinajstić information content (AvgIpc) is 2.94. The summed E-state index contributed by atoms with van der Waals surface area (Å²) in [4.78, 5) is 20.3. The summed E-state index contributed by atoms with van der Waals surface area (Å²) < 4.78 is 22.9. The second-order valence-corrected chi connectivity index (χ2v) is 7.88. The molecule has 0 spiro atoms. The van der Waals surface area contributed by atoms with Crippen LogP contribution in [0.15, 0.2) is 36.7 Å². The van der Waals surface area contributed by atoms with Gasteiger partial charge in [0.15, 0.2) is 9.84 Å². The molecule has 1 aliphatic rings. The largest absolute Gasteiger partial charge is 0.350 e. The minimum atomic E-state index is -2.99. The molecular weight excluding hydrogens is 342 g/mol. The third-order valence-electron chi connectivity index (χ3n) is 3.78. The predicted octanol–water partition coefficient (Wildman–Crippen LogP) is 1.20. The van der Waals surface area contributed by atoms with Crippen molar-refractivity contribution >= 4 is 27.4 Å². The molecule has 0 saturated carbocycles. The first kappa shape index (κ1) is 16.9. The number of sulfone groups is 1. The SMILES string of the molecule is N#Cc1ccccc1NC(=O)c1cnc(NC2CCS(=O)(=O)C2)nc1. The van der Waals surface area contributed by atoms with Crippen LogP contribution in [-0.4, -0.2) is 41.8 Å². The molecule has 1 unspecified atom stereocenters. The van der Waals surface area contributed by atoms with Gasteiger partial charge in [0, 0.05) is 18.4 Å². The summed E-state index contributed by atoms with van der Waals surface area (Å²) >= 11 is 0. The van der Waals surface area contributed by atoms with Crippen LogP contribution >= 0.6 is 0 Å². The molecule has 8 nitrogen and oxygen atoms in total. The molecule has 0 aliphatic carbocycles. The van der Waals surface area contributed by atoms with Crippen LogP contribution in [0.3, 0.4) is 0 Å². The van der Waals surface area contributed by atoms with Gasteiger partial charge in [-0.25, -0.2) is 18.4 Å². The van der Waals surface area contributed by atoms with Gasteiger partial charge in [0.1, 0.15) is 6.07 Å². The van der Waals surface area contributed by atoms with E-state index >= 15 is 0 Å². The molecule has 2 heterocycles. The van der Waals surface area contributed by atoms with Crippen molar-refractivity contribution in [3.63, 3.8) is 0 Å². The van der Waals surface area contributed by atoms with Gasteiger partial charge in [-0.1, -0.05) is 12.1 Å². The second-order valence-electron chi connectivity index (χ2n) is 5.65. The number of para-hydroxylation sites is 1. The fraction of sp³-hybridized carbons (Fsp3) is 0.250. The van der Waals surface area contributed by atoms with Gasteiger partial charge in [0.2, 0.25) is 5.95 Å². The van der Waals surface area contributed by atoms with Gasteiger partial charge in [0.25, 0.3) is 5.91 Å². The quantitative estimate of drug-likeness (QED) is 0.842. The molecule has 0 bridgehead atoms. The molecule has 0 radical (unpaired) electrons. The van der Waals surface area contributed by atoms with E-state index in [9.17, 15) is 13.2 Å².